The molecule has 0 unspecified atom stereocenters. The minimum Gasteiger partial charge on any atom is -0.488 e. The van der Waals surface area contributed by atoms with Gasteiger partial charge in [-0.05, 0) is 77.9 Å². The maximum atomic E-state index is 5.93. The van der Waals surface area contributed by atoms with Crippen molar-refractivity contribution in [1.29, 1.82) is 0 Å². The zero-order valence-corrected chi connectivity index (χ0v) is 15.7. The lowest BCUT2D eigenvalue weighted by Crippen LogP contribution is -2.22. The van der Waals surface area contributed by atoms with E-state index in [-0.39, 0.29) is 11.2 Å². The van der Waals surface area contributed by atoms with Crippen LogP contribution in [-0.4, -0.2) is 11.2 Å². The van der Waals surface area contributed by atoms with Crippen LogP contribution in [0.2, 0.25) is 0 Å². The largest absolute Gasteiger partial charge is 0.488 e. The Bertz CT molecular complexity index is 594. The van der Waals surface area contributed by atoms with E-state index in [1.54, 1.807) is 11.8 Å². The number of rotatable bonds is 4. The van der Waals surface area contributed by atoms with E-state index in [4.69, 9.17) is 9.47 Å². The monoisotopic (exact) mass is 330 g/mol. The van der Waals surface area contributed by atoms with E-state index in [0.717, 1.165) is 21.3 Å². The number of hydrogen-bond donors (Lipinski definition) is 0. The summed E-state index contributed by atoms with van der Waals surface area (Å²) in [6, 6.07) is 16.4. The van der Waals surface area contributed by atoms with E-state index < -0.39 is 0 Å². The average Bonchev–Trinajstić information content (AvgIpc) is 2.35. The average molecular weight is 330 g/mol. The highest BCUT2D eigenvalue weighted by Gasteiger charge is 2.13. The Morgan fingerprint density at radius 1 is 0.652 bits per heavy atom. The van der Waals surface area contributed by atoms with Crippen LogP contribution in [0.1, 0.15) is 41.5 Å². The molecule has 2 rings (SSSR count). The molecular formula is C20H26O2S. The normalized spacial score (nSPS) is 12.1. The van der Waals surface area contributed by atoms with E-state index in [1.165, 1.54) is 0 Å². The molecular weight excluding hydrogens is 304 g/mol. The van der Waals surface area contributed by atoms with Crippen LogP contribution in [0.25, 0.3) is 0 Å². The summed E-state index contributed by atoms with van der Waals surface area (Å²) in [6.45, 7) is 12.3. The van der Waals surface area contributed by atoms with Crippen molar-refractivity contribution in [1.82, 2.24) is 0 Å². The molecule has 0 aliphatic heterocycles. The van der Waals surface area contributed by atoms with E-state index in [0.29, 0.717) is 0 Å². The summed E-state index contributed by atoms with van der Waals surface area (Å²) in [5.41, 5.74) is -0.381. The number of hydrogen-bond acceptors (Lipinski definition) is 3. The summed E-state index contributed by atoms with van der Waals surface area (Å²) >= 11 is 1.71. The van der Waals surface area contributed by atoms with E-state index in [9.17, 15) is 0 Å². The molecule has 2 aromatic carbocycles. The molecule has 2 nitrogen and oxygen atoms in total. The van der Waals surface area contributed by atoms with Crippen LogP contribution in [0.15, 0.2) is 58.3 Å². The van der Waals surface area contributed by atoms with Gasteiger partial charge in [-0.15, -0.1) is 0 Å². The van der Waals surface area contributed by atoms with Crippen LogP contribution in [0, 0.1) is 0 Å². The maximum Gasteiger partial charge on any atom is 0.121 e. The van der Waals surface area contributed by atoms with Gasteiger partial charge in [0.05, 0.1) is 0 Å². The third-order valence-electron chi connectivity index (χ3n) is 2.69. The second-order valence-corrected chi connectivity index (χ2v) is 8.63. The first kappa shape index (κ1) is 17.7. The van der Waals surface area contributed by atoms with Crippen molar-refractivity contribution in [3.05, 3.63) is 48.5 Å². The molecule has 0 aromatic heterocycles. The van der Waals surface area contributed by atoms with Gasteiger partial charge in [0, 0.05) is 9.79 Å². The van der Waals surface area contributed by atoms with Gasteiger partial charge >= 0.3 is 0 Å². The fraction of sp³-hybridized carbons (Fsp3) is 0.400. The Kier molecular flexibility index (Phi) is 5.30. The van der Waals surface area contributed by atoms with Gasteiger partial charge in [0.2, 0.25) is 0 Å². The van der Waals surface area contributed by atoms with Gasteiger partial charge in [0.1, 0.15) is 22.7 Å². The third kappa shape index (κ3) is 6.57. The molecule has 0 amide bonds. The summed E-state index contributed by atoms with van der Waals surface area (Å²) in [5.74, 6) is 1.79. The van der Waals surface area contributed by atoms with Crippen molar-refractivity contribution >= 4 is 11.8 Å². The summed E-state index contributed by atoms with van der Waals surface area (Å²) in [5, 5.41) is 0. The van der Waals surface area contributed by atoms with Gasteiger partial charge < -0.3 is 9.47 Å². The van der Waals surface area contributed by atoms with Crippen LogP contribution in [0.5, 0.6) is 11.5 Å². The first-order chi connectivity index (χ1) is 10.6. The summed E-state index contributed by atoms with van der Waals surface area (Å²) in [4.78, 5) is 2.30. The molecule has 0 heterocycles. The zero-order valence-electron chi connectivity index (χ0n) is 14.8. The van der Waals surface area contributed by atoms with E-state index >= 15 is 0 Å². The second-order valence-electron chi connectivity index (χ2n) is 7.48. The maximum absolute atomic E-state index is 5.93. The summed E-state index contributed by atoms with van der Waals surface area (Å²) in [6.07, 6.45) is 0. The van der Waals surface area contributed by atoms with Crippen molar-refractivity contribution in [2.45, 2.75) is 62.5 Å². The Labute approximate surface area is 144 Å². The first-order valence-corrected chi connectivity index (χ1v) is 8.68. The quantitative estimate of drug-likeness (QED) is 0.665. The van der Waals surface area contributed by atoms with Crippen LogP contribution in [-0.2, 0) is 0 Å². The molecule has 3 heteroatoms. The van der Waals surface area contributed by atoms with Crippen molar-refractivity contribution < 1.29 is 9.47 Å². The standard InChI is InChI=1S/C20H26O2S/c1-19(2,3)21-15-9-7-11-17(13-15)23-18-12-8-10-16(14-18)22-20(4,5)6/h7-14H,1-6H3. The van der Waals surface area contributed by atoms with Gasteiger partial charge in [-0.3, -0.25) is 0 Å². The molecule has 0 saturated heterocycles. The first-order valence-electron chi connectivity index (χ1n) is 7.87. The SMILES string of the molecule is CC(C)(C)Oc1cccc(Sc2cccc(OC(C)(C)C)c2)c1. The fourth-order valence-electron chi connectivity index (χ4n) is 2.05. The smallest absolute Gasteiger partial charge is 0.121 e. The van der Waals surface area contributed by atoms with Crippen molar-refractivity contribution in [2.75, 3.05) is 0 Å². The highest BCUT2D eigenvalue weighted by atomic mass is 32.2. The number of benzene rings is 2. The van der Waals surface area contributed by atoms with E-state index in [2.05, 4.69) is 65.8 Å². The van der Waals surface area contributed by atoms with Crippen LogP contribution >= 0.6 is 11.8 Å². The van der Waals surface area contributed by atoms with Crippen molar-refractivity contribution in [3.8, 4) is 11.5 Å². The molecule has 124 valence electrons. The topological polar surface area (TPSA) is 18.5 Å². The molecule has 2 aromatic rings. The molecule has 0 radical (unpaired) electrons. The van der Waals surface area contributed by atoms with Gasteiger partial charge in [-0.25, -0.2) is 0 Å². The predicted octanol–water partition coefficient (Wildman–Crippen LogP) is 6.19. The third-order valence-corrected chi connectivity index (χ3v) is 3.67. The van der Waals surface area contributed by atoms with E-state index in [1.807, 2.05) is 24.3 Å². The lowest BCUT2D eigenvalue weighted by molar-refractivity contribution is 0.130. The molecule has 0 aliphatic carbocycles. The lowest BCUT2D eigenvalue weighted by atomic mass is 10.2. The predicted molar refractivity (Wildman–Crippen MR) is 97.8 cm³/mol. The Morgan fingerprint density at radius 3 is 1.39 bits per heavy atom. The minimum absolute atomic E-state index is 0.191. The van der Waals surface area contributed by atoms with Gasteiger partial charge in [-0.1, -0.05) is 23.9 Å². The number of ether oxygens (including phenoxy) is 2. The highest BCUT2D eigenvalue weighted by Crippen LogP contribution is 2.33. The molecule has 0 spiro atoms. The summed E-state index contributed by atoms with van der Waals surface area (Å²) < 4.78 is 11.9. The molecule has 0 aliphatic rings. The molecule has 0 bridgehead atoms. The van der Waals surface area contributed by atoms with Crippen LogP contribution in [0.4, 0.5) is 0 Å². The van der Waals surface area contributed by atoms with Crippen LogP contribution in [0.3, 0.4) is 0 Å². The van der Waals surface area contributed by atoms with Gasteiger partial charge in [0.25, 0.3) is 0 Å². The Morgan fingerprint density at radius 2 is 1.04 bits per heavy atom. The summed E-state index contributed by atoms with van der Waals surface area (Å²) in [7, 11) is 0. The van der Waals surface area contributed by atoms with Gasteiger partial charge in [-0.2, -0.15) is 0 Å². The molecule has 0 fully saturated rings. The molecule has 0 N–H and O–H groups in total. The minimum atomic E-state index is -0.191. The van der Waals surface area contributed by atoms with Crippen molar-refractivity contribution in [3.63, 3.8) is 0 Å². The van der Waals surface area contributed by atoms with Crippen molar-refractivity contribution in [2.24, 2.45) is 0 Å². The second kappa shape index (κ2) is 6.88. The lowest BCUT2D eigenvalue weighted by Gasteiger charge is -2.22. The molecule has 23 heavy (non-hydrogen) atoms. The van der Waals surface area contributed by atoms with Crippen LogP contribution < -0.4 is 9.47 Å². The zero-order chi connectivity index (χ0) is 17.1. The fourth-order valence-corrected chi connectivity index (χ4v) is 2.96. The Balaban J connectivity index is 2.13. The highest BCUT2D eigenvalue weighted by molar-refractivity contribution is 7.99. The Hall–Kier alpha value is -1.61. The molecule has 0 atom stereocenters. The molecule has 0 saturated carbocycles. The van der Waals surface area contributed by atoms with Gasteiger partial charge in [0.15, 0.2) is 0 Å².